The van der Waals surface area contributed by atoms with Gasteiger partial charge in [-0.3, -0.25) is 14.6 Å². The molecule has 1 saturated heterocycles. The summed E-state index contributed by atoms with van der Waals surface area (Å²) in [6.45, 7) is 5.51. The molecule has 1 aromatic carbocycles. The maximum Gasteiger partial charge on any atom is 0.313 e. The number of anilines is 1. The highest BCUT2D eigenvalue weighted by Gasteiger charge is 2.29. The van der Waals surface area contributed by atoms with Crippen LogP contribution in [0.5, 0.6) is 0 Å². The van der Waals surface area contributed by atoms with Crippen molar-refractivity contribution in [3.8, 4) is 0 Å². The van der Waals surface area contributed by atoms with E-state index in [1.807, 2.05) is 24.3 Å². The molecule has 2 amide bonds. The minimum Gasteiger partial charge on any atom is -0.334 e. The van der Waals surface area contributed by atoms with Crippen LogP contribution in [0.15, 0.2) is 36.5 Å². The summed E-state index contributed by atoms with van der Waals surface area (Å²) in [5.41, 5.74) is 1.26. The van der Waals surface area contributed by atoms with Gasteiger partial charge in [-0.05, 0) is 30.4 Å². The van der Waals surface area contributed by atoms with Gasteiger partial charge in [-0.25, -0.2) is 0 Å². The van der Waals surface area contributed by atoms with Gasteiger partial charge >= 0.3 is 11.8 Å². The highest BCUT2D eigenvalue weighted by Crippen LogP contribution is 2.23. The number of fused-ring (bicyclic) bond motifs is 1. The molecule has 5 heteroatoms. The Morgan fingerprint density at radius 1 is 1.13 bits per heavy atom. The van der Waals surface area contributed by atoms with Gasteiger partial charge in [0.1, 0.15) is 0 Å². The van der Waals surface area contributed by atoms with E-state index in [0.29, 0.717) is 36.1 Å². The zero-order valence-electron chi connectivity index (χ0n) is 13.5. The van der Waals surface area contributed by atoms with E-state index in [1.54, 1.807) is 17.2 Å². The van der Waals surface area contributed by atoms with E-state index in [1.165, 1.54) is 0 Å². The van der Waals surface area contributed by atoms with Crippen LogP contribution in [0.25, 0.3) is 10.9 Å². The summed E-state index contributed by atoms with van der Waals surface area (Å²) >= 11 is 0. The van der Waals surface area contributed by atoms with E-state index in [9.17, 15) is 9.59 Å². The molecular formula is C18H21N3O2. The van der Waals surface area contributed by atoms with Crippen molar-refractivity contribution < 1.29 is 9.59 Å². The summed E-state index contributed by atoms with van der Waals surface area (Å²) in [5, 5.41) is 3.65. The second-order valence-electron chi connectivity index (χ2n) is 6.49. The normalized spacial score (nSPS) is 21.2. The van der Waals surface area contributed by atoms with Gasteiger partial charge in [0, 0.05) is 24.7 Å². The van der Waals surface area contributed by atoms with Crippen LogP contribution in [0.3, 0.4) is 0 Å². The second-order valence-corrected chi connectivity index (χ2v) is 6.49. The van der Waals surface area contributed by atoms with Gasteiger partial charge in [-0.2, -0.15) is 0 Å². The van der Waals surface area contributed by atoms with Crippen LogP contribution in [-0.4, -0.2) is 34.8 Å². The van der Waals surface area contributed by atoms with Gasteiger partial charge in [0.2, 0.25) is 0 Å². The van der Waals surface area contributed by atoms with Crippen molar-refractivity contribution in [1.29, 1.82) is 0 Å². The molecule has 0 saturated carbocycles. The zero-order valence-corrected chi connectivity index (χ0v) is 13.5. The number of aromatic nitrogens is 1. The Bertz CT molecular complexity index is 729. The first-order chi connectivity index (χ1) is 11.0. The monoisotopic (exact) mass is 311 g/mol. The molecule has 2 unspecified atom stereocenters. The number of likely N-dealkylation sites (tertiary alicyclic amines) is 1. The van der Waals surface area contributed by atoms with Crippen LogP contribution >= 0.6 is 0 Å². The summed E-state index contributed by atoms with van der Waals surface area (Å²) < 4.78 is 0. The number of para-hydroxylation sites is 1. The molecular weight excluding hydrogens is 290 g/mol. The Labute approximate surface area is 135 Å². The first kappa shape index (κ1) is 15.5. The number of nitrogens with one attached hydrogen (secondary N) is 1. The molecule has 2 aromatic rings. The average Bonchev–Trinajstić information content (AvgIpc) is 2.53. The van der Waals surface area contributed by atoms with Crippen molar-refractivity contribution in [1.82, 2.24) is 9.88 Å². The molecule has 120 valence electrons. The van der Waals surface area contributed by atoms with E-state index in [4.69, 9.17) is 0 Å². The minimum absolute atomic E-state index is 0.426. The Balaban J connectivity index is 1.77. The first-order valence-corrected chi connectivity index (χ1v) is 7.98. The van der Waals surface area contributed by atoms with Crippen LogP contribution < -0.4 is 5.32 Å². The number of amides is 2. The van der Waals surface area contributed by atoms with Crippen molar-refractivity contribution in [3.05, 3.63) is 36.5 Å². The fourth-order valence-electron chi connectivity index (χ4n) is 3.35. The van der Waals surface area contributed by atoms with E-state index in [0.717, 1.165) is 11.8 Å². The SMILES string of the molecule is CC1CC(C)CN(C(=O)C(=O)Nc2cccc3cccnc23)C1. The van der Waals surface area contributed by atoms with Gasteiger partial charge in [0.15, 0.2) is 0 Å². The maximum absolute atomic E-state index is 12.4. The van der Waals surface area contributed by atoms with Crippen molar-refractivity contribution in [2.24, 2.45) is 11.8 Å². The number of piperidine rings is 1. The lowest BCUT2D eigenvalue weighted by molar-refractivity contribution is -0.144. The van der Waals surface area contributed by atoms with Crippen LogP contribution in [0.2, 0.25) is 0 Å². The number of benzene rings is 1. The fourth-order valence-corrected chi connectivity index (χ4v) is 3.35. The Kier molecular flexibility index (Phi) is 4.28. The molecule has 0 aliphatic carbocycles. The fraction of sp³-hybridized carbons (Fsp3) is 0.389. The van der Waals surface area contributed by atoms with E-state index >= 15 is 0 Å². The highest BCUT2D eigenvalue weighted by molar-refractivity contribution is 6.40. The van der Waals surface area contributed by atoms with Crippen LogP contribution in [0, 0.1) is 11.8 Å². The molecule has 1 N–H and O–H groups in total. The van der Waals surface area contributed by atoms with Crippen molar-refractivity contribution in [2.75, 3.05) is 18.4 Å². The van der Waals surface area contributed by atoms with Crippen LogP contribution in [0.4, 0.5) is 5.69 Å². The predicted octanol–water partition coefficient (Wildman–Crippen LogP) is 2.68. The Morgan fingerprint density at radius 2 is 1.83 bits per heavy atom. The van der Waals surface area contributed by atoms with Gasteiger partial charge in [0.05, 0.1) is 11.2 Å². The standard InChI is InChI=1S/C18H21N3O2/c1-12-9-13(2)11-21(10-12)18(23)17(22)20-15-7-3-5-14-6-4-8-19-16(14)15/h3-8,12-13H,9-11H2,1-2H3,(H,20,22). The predicted molar refractivity (Wildman–Crippen MR) is 89.9 cm³/mol. The molecule has 2 atom stereocenters. The lowest BCUT2D eigenvalue weighted by Gasteiger charge is -2.34. The number of hydrogen-bond acceptors (Lipinski definition) is 3. The van der Waals surface area contributed by atoms with E-state index in [2.05, 4.69) is 24.1 Å². The summed E-state index contributed by atoms with van der Waals surface area (Å²) in [6.07, 6.45) is 2.77. The number of nitrogens with zero attached hydrogens (tertiary/aromatic N) is 2. The molecule has 2 heterocycles. The molecule has 3 rings (SSSR count). The van der Waals surface area contributed by atoms with Gasteiger partial charge in [-0.15, -0.1) is 0 Å². The minimum atomic E-state index is -0.593. The Hall–Kier alpha value is -2.43. The molecule has 1 aromatic heterocycles. The van der Waals surface area contributed by atoms with Gasteiger partial charge in [0.25, 0.3) is 0 Å². The largest absolute Gasteiger partial charge is 0.334 e. The molecule has 0 radical (unpaired) electrons. The van der Waals surface area contributed by atoms with Gasteiger partial charge < -0.3 is 10.2 Å². The van der Waals surface area contributed by atoms with Gasteiger partial charge in [-0.1, -0.05) is 32.0 Å². The summed E-state index contributed by atoms with van der Waals surface area (Å²) in [6, 6.07) is 9.30. The highest BCUT2D eigenvalue weighted by atomic mass is 16.2. The topological polar surface area (TPSA) is 62.3 Å². The van der Waals surface area contributed by atoms with Crippen LogP contribution in [0.1, 0.15) is 20.3 Å². The molecule has 0 spiro atoms. The van der Waals surface area contributed by atoms with Crippen LogP contribution in [-0.2, 0) is 9.59 Å². The smallest absolute Gasteiger partial charge is 0.313 e. The lowest BCUT2D eigenvalue weighted by atomic mass is 9.92. The first-order valence-electron chi connectivity index (χ1n) is 7.98. The Morgan fingerprint density at radius 3 is 2.57 bits per heavy atom. The molecule has 23 heavy (non-hydrogen) atoms. The number of pyridine rings is 1. The third-order valence-corrected chi connectivity index (χ3v) is 4.23. The van der Waals surface area contributed by atoms with Crippen molar-refractivity contribution in [2.45, 2.75) is 20.3 Å². The van der Waals surface area contributed by atoms with E-state index in [-0.39, 0.29) is 0 Å². The average molecular weight is 311 g/mol. The lowest BCUT2D eigenvalue weighted by Crippen LogP contribution is -2.47. The van der Waals surface area contributed by atoms with Crippen molar-refractivity contribution in [3.63, 3.8) is 0 Å². The number of rotatable bonds is 1. The molecule has 5 nitrogen and oxygen atoms in total. The molecule has 1 aliphatic heterocycles. The number of carbonyl (C=O) groups excluding carboxylic acids is 2. The summed E-state index contributed by atoms with van der Waals surface area (Å²) in [4.78, 5) is 30.7. The van der Waals surface area contributed by atoms with E-state index < -0.39 is 11.8 Å². The molecule has 1 fully saturated rings. The number of hydrogen-bond donors (Lipinski definition) is 1. The number of carbonyl (C=O) groups is 2. The zero-order chi connectivity index (χ0) is 16.4. The third-order valence-electron chi connectivity index (χ3n) is 4.23. The second kappa shape index (κ2) is 6.36. The molecule has 1 aliphatic rings. The van der Waals surface area contributed by atoms with Crippen molar-refractivity contribution >= 4 is 28.4 Å². The quantitative estimate of drug-likeness (QED) is 0.824. The summed E-state index contributed by atoms with van der Waals surface area (Å²) in [5.74, 6) is -0.203. The molecule has 0 bridgehead atoms. The summed E-state index contributed by atoms with van der Waals surface area (Å²) in [7, 11) is 0. The maximum atomic E-state index is 12.4. The third kappa shape index (κ3) is 3.33.